The molecule has 1 aliphatic rings. The van der Waals surface area contributed by atoms with Gasteiger partial charge in [0.15, 0.2) is 9.84 Å². The molecule has 2 heterocycles. The minimum Gasteiger partial charge on any atom is -0.407 e. The predicted octanol–water partition coefficient (Wildman–Crippen LogP) is -0.873. The molecule has 2 rings (SSSR count). The molecule has 0 spiro atoms. The van der Waals surface area contributed by atoms with Crippen LogP contribution in [0.5, 0.6) is 0 Å². The van der Waals surface area contributed by atoms with Crippen molar-refractivity contribution in [2.24, 2.45) is 5.73 Å². The van der Waals surface area contributed by atoms with Crippen LogP contribution >= 0.6 is 0 Å². The van der Waals surface area contributed by atoms with E-state index in [9.17, 15) is 8.42 Å². The van der Waals surface area contributed by atoms with Gasteiger partial charge in [-0.3, -0.25) is 0 Å². The second-order valence-electron chi connectivity index (χ2n) is 3.45. The number of rotatable bonds is 3. The van der Waals surface area contributed by atoms with Crippen LogP contribution in [0.2, 0.25) is 0 Å². The van der Waals surface area contributed by atoms with Crippen molar-refractivity contribution < 1.29 is 12.8 Å². The Labute approximate surface area is 87.0 Å². The van der Waals surface area contributed by atoms with Crippen LogP contribution in [0.15, 0.2) is 4.42 Å². The van der Waals surface area contributed by atoms with Gasteiger partial charge in [-0.05, 0) is 6.42 Å². The summed E-state index contributed by atoms with van der Waals surface area (Å²) in [5.41, 5.74) is 5.29. The number of anilines is 1. The highest BCUT2D eigenvalue weighted by Crippen LogP contribution is 2.16. The summed E-state index contributed by atoms with van der Waals surface area (Å²) < 4.78 is 27.4. The summed E-state index contributed by atoms with van der Waals surface area (Å²) in [6, 6.07) is 0.0959. The van der Waals surface area contributed by atoms with Crippen LogP contribution in [-0.2, 0) is 16.4 Å². The van der Waals surface area contributed by atoms with E-state index < -0.39 is 9.84 Å². The Balaban J connectivity index is 1.98. The van der Waals surface area contributed by atoms with Gasteiger partial charge in [0.05, 0.1) is 18.1 Å². The average molecular weight is 232 g/mol. The second kappa shape index (κ2) is 3.78. The number of hydrogen-bond donors (Lipinski definition) is 2. The van der Waals surface area contributed by atoms with Crippen LogP contribution in [0.4, 0.5) is 6.01 Å². The molecule has 3 N–H and O–H groups in total. The molecule has 84 valence electrons. The summed E-state index contributed by atoms with van der Waals surface area (Å²) in [6.45, 7) is 0.178. The van der Waals surface area contributed by atoms with E-state index in [1.165, 1.54) is 0 Å². The quantitative estimate of drug-likeness (QED) is 0.696. The number of sulfone groups is 1. The van der Waals surface area contributed by atoms with E-state index >= 15 is 0 Å². The molecule has 0 saturated carbocycles. The van der Waals surface area contributed by atoms with Gasteiger partial charge in [-0.25, -0.2) is 8.42 Å². The lowest BCUT2D eigenvalue weighted by Gasteiger charge is -2.06. The molecule has 1 atom stereocenters. The maximum atomic E-state index is 11.2. The Hall–Kier alpha value is -1.15. The summed E-state index contributed by atoms with van der Waals surface area (Å²) >= 11 is 0. The standard InChI is InChI=1S/C7H12N4O3S/c8-3-6-10-11-7(14-6)9-5-1-2-15(12,13)4-5/h5H,1-4,8H2,(H,9,11). The van der Waals surface area contributed by atoms with Crippen molar-refractivity contribution in [3.05, 3.63) is 5.89 Å². The molecule has 1 unspecified atom stereocenters. The number of nitrogens with two attached hydrogens (primary N) is 1. The summed E-state index contributed by atoms with van der Waals surface area (Å²) in [4.78, 5) is 0. The Morgan fingerprint density at radius 3 is 2.87 bits per heavy atom. The highest BCUT2D eigenvalue weighted by atomic mass is 32.2. The minimum atomic E-state index is -2.89. The van der Waals surface area contributed by atoms with Crippen molar-refractivity contribution in [3.8, 4) is 0 Å². The van der Waals surface area contributed by atoms with Crippen LogP contribution in [0.1, 0.15) is 12.3 Å². The van der Waals surface area contributed by atoms with Gasteiger partial charge < -0.3 is 15.5 Å². The fourth-order valence-electron chi connectivity index (χ4n) is 1.48. The Morgan fingerprint density at radius 2 is 2.33 bits per heavy atom. The molecule has 1 aliphatic heterocycles. The molecule has 1 aromatic heterocycles. The topological polar surface area (TPSA) is 111 Å². The minimum absolute atomic E-state index is 0.118. The van der Waals surface area contributed by atoms with E-state index in [1.54, 1.807) is 0 Å². The van der Waals surface area contributed by atoms with Gasteiger partial charge >= 0.3 is 6.01 Å². The first kappa shape index (κ1) is 10.4. The maximum Gasteiger partial charge on any atom is 0.315 e. The summed E-state index contributed by atoms with van der Waals surface area (Å²) in [7, 11) is -2.89. The first-order valence-corrected chi connectivity index (χ1v) is 6.40. The SMILES string of the molecule is NCc1nnc(NC2CCS(=O)(=O)C2)o1. The van der Waals surface area contributed by atoms with Crippen LogP contribution in [-0.4, -0.2) is 36.2 Å². The average Bonchev–Trinajstić information content (AvgIpc) is 2.73. The van der Waals surface area contributed by atoms with E-state index in [1.807, 2.05) is 0 Å². The van der Waals surface area contributed by atoms with Gasteiger partial charge in [-0.2, -0.15) is 0 Å². The smallest absolute Gasteiger partial charge is 0.315 e. The Morgan fingerprint density at radius 1 is 1.53 bits per heavy atom. The molecule has 7 nitrogen and oxygen atoms in total. The third kappa shape index (κ3) is 2.45. The molecule has 0 aromatic carbocycles. The van der Waals surface area contributed by atoms with Gasteiger partial charge in [0, 0.05) is 6.04 Å². The van der Waals surface area contributed by atoms with Crippen molar-refractivity contribution in [2.75, 3.05) is 16.8 Å². The first-order valence-electron chi connectivity index (χ1n) is 4.58. The molecular weight excluding hydrogens is 220 g/mol. The Kier molecular flexibility index (Phi) is 2.61. The normalized spacial score (nSPS) is 24.2. The number of hydrogen-bond acceptors (Lipinski definition) is 7. The highest BCUT2D eigenvalue weighted by molar-refractivity contribution is 7.91. The van der Waals surface area contributed by atoms with Gasteiger partial charge in [-0.1, -0.05) is 5.10 Å². The van der Waals surface area contributed by atoms with Crippen molar-refractivity contribution in [2.45, 2.75) is 19.0 Å². The molecule has 1 aromatic rings. The zero-order valence-electron chi connectivity index (χ0n) is 8.01. The van der Waals surface area contributed by atoms with Crippen molar-refractivity contribution >= 4 is 15.9 Å². The largest absolute Gasteiger partial charge is 0.407 e. The van der Waals surface area contributed by atoms with Crippen LogP contribution < -0.4 is 11.1 Å². The monoisotopic (exact) mass is 232 g/mol. The van der Waals surface area contributed by atoms with Gasteiger partial charge in [-0.15, -0.1) is 5.10 Å². The van der Waals surface area contributed by atoms with Crippen molar-refractivity contribution in [1.82, 2.24) is 10.2 Å². The van der Waals surface area contributed by atoms with Crippen molar-refractivity contribution in [1.29, 1.82) is 0 Å². The van der Waals surface area contributed by atoms with E-state index in [0.717, 1.165) is 0 Å². The summed E-state index contributed by atoms with van der Waals surface area (Å²) in [6.07, 6.45) is 0.572. The van der Waals surface area contributed by atoms with Gasteiger partial charge in [0.2, 0.25) is 5.89 Å². The van der Waals surface area contributed by atoms with Crippen molar-refractivity contribution in [3.63, 3.8) is 0 Å². The van der Waals surface area contributed by atoms with E-state index in [4.69, 9.17) is 10.2 Å². The number of nitrogens with zero attached hydrogens (tertiary/aromatic N) is 2. The van der Waals surface area contributed by atoms with Crippen LogP contribution in [0.3, 0.4) is 0 Å². The molecule has 0 radical (unpaired) electrons. The molecule has 0 amide bonds. The second-order valence-corrected chi connectivity index (χ2v) is 5.68. The first-order chi connectivity index (χ1) is 7.09. The molecule has 15 heavy (non-hydrogen) atoms. The fourth-order valence-corrected chi connectivity index (χ4v) is 3.15. The van der Waals surface area contributed by atoms with E-state index in [0.29, 0.717) is 12.3 Å². The number of nitrogens with one attached hydrogen (secondary N) is 1. The third-order valence-electron chi connectivity index (χ3n) is 2.20. The number of aromatic nitrogens is 2. The van der Waals surface area contributed by atoms with E-state index in [-0.39, 0.29) is 30.1 Å². The van der Waals surface area contributed by atoms with Gasteiger partial charge in [0.1, 0.15) is 0 Å². The molecule has 1 fully saturated rings. The molecule has 1 saturated heterocycles. The summed E-state index contributed by atoms with van der Waals surface area (Å²) in [5.74, 6) is 0.661. The fraction of sp³-hybridized carbons (Fsp3) is 0.714. The molecular formula is C7H12N4O3S. The maximum absolute atomic E-state index is 11.2. The zero-order valence-corrected chi connectivity index (χ0v) is 8.83. The van der Waals surface area contributed by atoms with E-state index in [2.05, 4.69) is 15.5 Å². The Bertz CT molecular complexity index is 441. The van der Waals surface area contributed by atoms with Gasteiger partial charge in [0.25, 0.3) is 0 Å². The lowest BCUT2D eigenvalue weighted by Crippen LogP contribution is -2.20. The van der Waals surface area contributed by atoms with Crippen LogP contribution in [0.25, 0.3) is 0 Å². The predicted molar refractivity (Wildman–Crippen MR) is 52.9 cm³/mol. The lowest BCUT2D eigenvalue weighted by atomic mass is 10.3. The molecule has 8 heteroatoms. The molecule has 0 bridgehead atoms. The summed E-state index contributed by atoms with van der Waals surface area (Å²) in [5, 5.41) is 10.2. The molecule has 0 aliphatic carbocycles. The lowest BCUT2D eigenvalue weighted by molar-refractivity contribution is 0.502. The third-order valence-corrected chi connectivity index (χ3v) is 3.97. The highest BCUT2D eigenvalue weighted by Gasteiger charge is 2.28. The zero-order chi connectivity index (χ0) is 10.9. The van der Waals surface area contributed by atoms with Crippen LogP contribution in [0, 0.1) is 0 Å².